The zero-order valence-corrected chi connectivity index (χ0v) is 6.33. The van der Waals surface area contributed by atoms with Gasteiger partial charge in [-0.15, -0.1) is 0 Å². The van der Waals surface area contributed by atoms with Gasteiger partial charge < -0.3 is 4.98 Å². The minimum Gasteiger partial charge on any atom is -0.365 e. The van der Waals surface area contributed by atoms with E-state index in [4.69, 9.17) is 0 Å². The summed E-state index contributed by atoms with van der Waals surface area (Å²) in [4.78, 5) is 3.20. The molecule has 0 saturated carbocycles. The van der Waals surface area contributed by atoms with Crippen LogP contribution in [0.5, 0.6) is 0 Å². The summed E-state index contributed by atoms with van der Waals surface area (Å²) < 4.78 is 0. The van der Waals surface area contributed by atoms with Crippen molar-refractivity contribution in [1.29, 1.82) is 0 Å². The Bertz CT molecular complexity index is 255. The molecule has 1 heterocycles. The lowest BCUT2D eigenvalue weighted by Gasteiger charge is -2.01. The van der Waals surface area contributed by atoms with Gasteiger partial charge in [0.05, 0.1) is 0 Å². The van der Waals surface area contributed by atoms with Crippen LogP contribution in [0.1, 0.15) is 5.69 Å². The molecule has 1 aromatic heterocycles. The van der Waals surface area contributed by atoms with E-state index in [-0.39, 0.29) is 0 Å². The third-order valence-electron chi connectivity index (χ3n) is 1.95. The fraction of sp³-hybridized carbons (Fsp3) is 0.200. The minimum atomic E-state index is 0.605. The van der Waals surface area contributed by atoms with Crippen molar-refractivity contribution >= 4 is 0 Å². The lowest BCUT2D eigenvalue weighted by atomic mass is 10.1. The Morgan fingerprint density at radius 3 is 2.73 bits per heavy atom. The first kappa shape index (κ1) is 6.47. The first-order valence-corrected chi connectivity index (χ1v) is 3.92. The molecule has 2 rings (SSSR count). The number of aromatic amines is 1. The van der Waals surface area contributed by atoms with E-state index < -0.39 is 0 Å². The average molecular weight is 145 g/mol. The molecule has 0 bridgehead atoms. The van der Waals surface area contributed by atoms with Crippen LogP contribution in [0.2, 0.25) is 0 Å². The number of aromatic nitrogens is 1. The van der Waals surface area contributed by atoms with Gasteiger partial charge in [0, 0.05) is 17.8 Å². The molecule has 0 spiro atoms. The summed E-state index contributed by atoms with van der Waals surface area (Å²) in [5, 5.41) is 0. The molecule has 1 N–H and O–H groups in total. The van der Waals surface area contributed by atoms with E-state index in [1.165, 1.54) is 5.69 Å². The maximum absolute atomic E-state index is 3.20. The Labute approximate surface area is 66.4 Å². The third-order valence-corrected chi connectivity index (χ3v) is 1.95. The van der Waals surface area contributed by atoms with Crippen LogP contribution in [0.3, 0.4) is 0 Å². The van der Waals surface area contributed by atoms with Gasteiger partial charge in [-0.25, -0.2) is 0 Å². The molecular weight excluding hydrogens is 134 g/mol. The molecule has 56 valence electrons. The maximum atomic E-state index is 3.20. The summed E-state index contributed by atoms with van der Waals surface area (Å²) in [6.45, 7) is 0. The number of rotatable bonds is 2. The van der Waals surface area contributed by atoms with Crippen LogP contribution in [-0.4, -0.2) is 4.98 Å². The average Bonchev–Trinajstić information content (AvgIpc) is 2.60. The van der Waals surface area contributed by atoms with E-state index in [0.717, 1.165) is 6.42 Å². The molecule has 0 amide bonds. The Morgan fingerprint density at radius 2 is 2.09 bits per heavy atom. The smallest absolute Gasteiger partial charge is 0.0156 e. The Hall–Kier alpha value is -1.24. The molecule has 1 aromatic rings. The summed E-state index contributed by atoms with van der Waals surface area (Å²) in [5.74, 6) is 0.605. The standard InChI is InChI=1S/C10H11N/c1-2-5-9(4-1)8-10-6-3-7-11-10/h1-7,9,11H,8H2. The van der Waals surface area contributed by atoms with Crippen molar-refractivity contribution in [3.8, 4) is 0 Å². The first-order valence-electron chi connectivity index (χ1n) is 3.92. The molecule has 1 aliphatic carbocycles. The quantitative estimate of drug-likeness (QED) is 0.657. The molecule has 0 saturated heterocycles. The van der Waals surface area contributed by atoms with E-state index >= 15 is 0 Å². The fourth-order valence-corrected chi connectivity index (χ4v) is 1.36. The Balaban J connectivity index is 2.01. The van der Waals surface area contributed by atoms with Crippen molar-refractivity contribution in [2.24, 2.45) is 5.92 Å². The lowest BCUT2D eigenvalue weighted by Crippen LogP contribution is -1.95. The highest BCUT2D eigenvalue weighted by Gasteiger charge is 2.04. The van der Waals surface area contributed by atoms with Crippen LogP contribution < -0.4 is 0 Å². The normalized spacial score (nSPS) is 16.4. The topological polar surface area (TPSA) is 15.8 Å². The molecular formula is C10H11N. The zero-order valence-electron chi connectivity index (χ0n) is 6.33. The monoisotopic (exact) mass is 145 g/mol. The van der Waals surface area contributed by atoms with Crippen LogP contribution in [0.4, 0.5) is 0 Å². The van der Waals surface area contributed by atoms with Gasteiger partial charge in [0.2, 0.25) is 0 Å². The SMILES string of the molecule is C1=CC(Cc2ccc[nH]2)C=C1. The lowest BCUT2D eigenvalue weighted by molar-refractivity contribution is 0.796. The molecule has 0 atom stereocenters. The maximum Gasteiger partial charge on any atom is 0.0156 e. The second-order valence-corrected chi connectivity index (χ2v) is 2.83. The first-order chi connectivity index (χ1) is 5.45. The zero-order chi connectivity index (χ0) is 7.52. The predicted octanol–water partition coefficient (Wildman–Crippen LogP) is 2.30. The van der Waals surface area contributed by atoms with Crippen molar-refractivity contribution in [2.75, 3.05) is 0 Å². The van der Waals surface area contributed by atoms with Crippen molar-refractivity contribution < 1.29 is 0 Å². The van der Waals surface area contributed by atoms with Crippen molar-refractivity contribution in [3.05, 3.63) is 48.3 Å². The second kappa shape index (κ2) is 2.79. The summed E-state index contributed by atoms with van der Waals surface area (Å²) in [6.07, 6.45) is 11.7. The van der Waals surface area contributed by atoms with Gasteiger partial charge in [-0.3, -0.25) is 0 Å². The van der Waals surface area contributed by atoms with Gasteiger partial charge >= 0.3 is 0 Å². The van der Waals surface area contributed by atoms with E-state index in [2.05, 4.69) is 35.4 Å². The van der Waals surface area contributed by atoms with Crippen molar-refractivity contribution in [1.82, 2.24) is 4.98 Å². The largest absolute Gasteiger partial charge is 0.365 e. The van der Waals surface area contributed by atoms with Gasteiger partial charge in [0.1, 0.15) is 0 Å². The summed E-state index contributed by atoms with van der Waals surface area (Å²) in [6, 6.07) is 4.16. The van der Waals surface area contributed by atoms with Crippen molar-refractivity contribution in [2.45, 2.75) is 6.42 Å². The van der Waals surface area contributed by atoms with Gasteiger partial charge in [-0.1, -0.05) is 24.3 Å². The fourth-order valence-electron chi connectivity index (χ4n) is 1.36. The summed E-state index contributed by atoms with van der Waals surface area (Å²) in [5.41, 5.74) is 1.31. The molecule has 1 nitrogen and oxygen atoms in total. The molecule has 0 radical (unpaired) electrons. The highest BCUT2D eigenvalue weighted by molar-refractivity contribution is 5.20. The third kappa shape index (κ3) is 1.43. The highest BCUT2D eigenvalue weighted by Crippen LogP contribution is 2.13. The molecule has 11 heavy (non-hydrogen) atoms. The molecule has 0 unspecified atom stereocenters. The van der Waals surface area contributed by atoms with Gasteiger partial charge in [-0.05, 0) is 18.6 Å². The summed E-state index contributed by atoms with van der Waals surface area (Å²) in [7, 11) is 0. The van der Waals surface area contributed by atoms with Crippen LogP contribution in [0, 0.1) is 5.92 Å². The Kier molecular flexibility index (Phi) is 1.64. The number of allylic oxidation sites excluding steroid dienone is 4. The molecule has 0 aliphatic heterocycles. The summed E-state index contributed by atoms with van der Waals surface area (Å²) >= 11 is 0. The molecule has 1 aliphatic rings. The number of H-pyrrole nitrogens is 1. The van der Waals surface area contributed by atoms with E-state index in [9.17, 15) is 0 Å². The minimum absolute atomic E-state index is 0.605. The predicted molar refractivity (Wildman–Crippen MR) is 46.3 cm³/mol. The molecule has 1 heteroatoms. The van der Waals surface area contributed by atoms with E-state index in [1.807, 2.05) is 12.3 Å². The number of hydrogen-bond acceptors (Lipinski definition) is 0. The number of nitrogens with one attached hydrogen (secondary N) is 1. The van der Waals surface area contributed by atoms with Gasteiger partial charge in [0.25, 0.3) is 0 Å². The van der Waals surface area contributed by atoms with Crippen LogP contribution in [-0.2, 0) is 6.42 Å². The van der Waals surface area contributed by atoms with Crippen LogP contribution in [0.15, 0.2) is 42.6 Å². The molecule has 0 aromatic carbocycles. The van der Waals surface area contributed by atoms with Crippen molar-refractivity contribution in [3.63, 3.8) is 0 Å². The van der Waals surface area contributed by atoms with Gasteiger partial charge in [0.15, 0.2) is 0 Å². The van der Waals surface area contributed by atoms with Gasteiger partial charge in [-0.2, -0.15) is 0 Å². The Morgan fingerprint density at radius 1 is 1.27 bits per heavy atom. The number of hydrogen-bond donors (Lipinski definition) is 1. The van der Waals surface area contributed by atoms with E-state index in [1.54, 1.807) is 0 Å². The molecule has 0 fully saturated rings. The highest BCUT2D eigenvalue weighted by atomic mass is 14.7. The van der Waals surface area contributed by atoms with E-state index in [0.29, 0.717) is 5.92 Å². The second-order valence-electron chi connectivity index (χ2n) is 2.83. The van der Waals surface area contributed by atoms with Crippen LogP contribution >= 0.6 is 0 Å². The van der Waals surface area contributed by atoms with Crippen LogP contribution in [0.25, 0.3) is 0 Å².